The van der Waals surface area contributed by atoms with E-state index in [1.54, 1.807) is 23.1 Å². The molecule has 2 aliphatic rings. The van der Waals surface area contributed by atoms with Gasteiger partial charge in [0.05, 0.1) is 4.90 Å². The van der Waals surface area contributed by atoms with Gasteiger partial charge in [-0.25, -0.2) is 13.1 Å². The quantitative estimate of drug-likeness (QED) is 0.806. The van der Waals surface area contributed by atoms with Gasteiger partial charge in [-0.15, -0.1) is 0 Å². The van der Waals surface area contributed by atoms with Gasteiger partial charge in [0, 0.05) is 31.7 Å². The van der Waals surface area contributed by atoms with Crippen molar-refractivity contribution in [1.82, 2.24) is 9.62 Å². The molecule has 3 rings (SSSR count). The Morgan fingerprint density at radius 2 is 1.85 bits per heavy atom. The zero-order valence-electron chi connectivity index (χ0n) is 16.6. The summed E-state index contributed by atoms with van der Waals surface area (Å²) in [5.74, 6) is 0.374. The molecule has 0 spiro atoms. The molecule has 150 valence electrons. The molecule has 2 heterocycles. The fourth-order valence-corrected chi connectivity index (χ4v) is 5.29. The van der Waals surface area contributed by atoms with Gasteiger partial charge in [-0.2, -0.15) is 0 Å². The lowest BCUT2D eigenvalue weighted by atomic mass is 9.99. The number of amides is 1. The lowest BCUT2D eigenvalue weighted by Gasteiger charge is -2.37. The molecular formula is C20H31N3O3S. The van der Waals surface area contributed by atoms with E-state index >= 15 is 0 Å². The van der Waals surface area contributed by atoms with Crippen LogP contribution in [0.5, 0.6) is 0 Å². The number of hydrogen-bond acceptors (Lipinski definition) is 4. The maximum absolute atomic E-state index is 12.8. The lowest BCUT2D eigenvalue weighted by Crippen LogP contribution is -2.48. The summed E-state index contributed by atoms with van der Waals surface area (Å²) in [6.45, 7) is 8.98. The van der Waals surface area contributed by atoms with Gasteiger partial charge in [0.2, 0.25) is 15.9 Å². The van der Waals surface area contributed by atoms with E-state index in [-0.39, 0.29) is 16.8 Å². The highest BCUT2D eigenvalue weighted by Gasteiger charge is 2.27. The molecule has 1 amide bonds. The minimum Gasteiger partial charge on any atom is -0.312 e. The van der Waals surface area contributed by atoms with Crippen LogP contribution in [0, 0.1) is 5.92 Å². The summed E-state index contributed by atoms with van der Waals surface area (Å²) < 4.78 is 28.5. The highest BCUT2D eigenvalue weighted by Crippen LogP contribution is 2.30. The summed E-state index contributed by atoms with van der Waals surface area (Å²) in [7, 11) is -3.57. The molecule has 1 unspecified atom stereocenters. The van der Waals surface area contributed by atoms with Crippen molar-refractivity contribution in [3.63, 3.8) is 0 Å². The van der Waals surface area contributed by atoms with Crippen LogP contribution >= 0.6 is 0 Å². The number of hydrogen-bond donors (Lipinski definition) is 1. The Bertz CT molecular complexity index is 786. The number of benzene rings is 1. The Morgan fingerprint density at radius 3 is 2.48 bits per heavy atom. The van der Waals surface area contributed by atoms with Crippen LogP contribution in [-0.4, -0.2) is 51.4 Å². The summed E-state index contributed by atoms with van der Waals surface area (Å²) in [6, 6.07) is 5.28. The van der Waals surface area contributed by atoms with Crippen LogP contribution < -0.4 is 9.62 Å². The highest BCUT2D eigenvalue weighted by molar-refractivity contribution is 7.89. The van der Waals surface area contributed by atoms with Crippen LogP contribution in [0.1, 0.15) is 45.6 Å². The van der Waals surface area contributed by atoms with E-state index in [2.05, 4.69) is 23.5 Å². The molecular weight excluding hydrogens is 362 g/mol. The van der Waals surface area contributed by atoms with Crippen molar-refractivity contribution in [2.45, 2.75) is 57.4 Å². The average molecular weight is 394 g/mol. The second-order valence-electron chi connectivity index (χ2n) is 7.97. The monoisotopic (exact) mass is 393 g/mol. The summed E-state index contributed by atoms with van der Waals surface area (Å²) >= 11 is 0. The molecule has 0 saturated carbocycles. The molecule has 1 fully saturated rings. The van der Waals surface area contributed by atoms with Crippen molar-refractivity contribution in [3.05, 3.63) is 23.8 Å². The van der Waals surface area contributed by atoms with Gasteiger partial charge < -0.3 is 4.90 Å². The summed E-state index contributed by atoms with van der Waals surface area (Å²) in [5.41, 5.74) is 1.75. The van der Waals surface area contributed by atoms with Crippen LogP contribution in [0.2, 0.25) is 0 Å². The summed E-state index contributed by atoms with van der Waals surface area (Å²) in [4.78, 5) is 16.1. The minimum atomic E-state index is -3.57. The van der Waals surface area contributed by atoms with Crippen molar-refractivity contribution in [2.75, 3.05) is 31.1 Å². The fourth-order valence-electron chi connectivity index (χ4n) is 4.19. The number of nitrogens with zero attached hydrogens (tertiary/aromatic N) is 2. The fraction of sp³-hybridized carbons (Fsp3) is 0.650. The molecule has 7 heteroatoms. The molecule has 0 aromatic heterocycles. The number of carbonyl (C=O) groups is 1. The first-order chi connectivity index (χ1) is 12.8. The van der Waals surface area contributed by atoms with E-state index in [9.17, 15) is 13.2 Å². The topological polar surface area (TPSA) is 69.7 Å². The molecule has 1 atom stereocenters. The average Bonchev–Trinajstić information content (AvgIpc) is 3.06. The van der Waals surface area contributed by atoms with Gasteiger partial charge >= 0.3 is 0 Å². The van der Waals surface area contributed by atoms with Gasteiger partial charge in [-0.3, -0.25) is 9.69 Å². The number of rotatable bonds is 6. The van der Waals surface area contributed by atoms with Crippen molar-refractivity contribution in [3.8, 4) is 0 Å². The molecule has 1 N–H and O–H groups in total. The zero-order valence-corrected chi connectivity index (χ0v) is 17.4. The van der Waals surface area contributed by atoms with Crippen LogP contribution in [0.3, 0.4) is 0 Å². The number of anilines is 1. The van der Waals surface area contributed by atoms with Crippen molar-refractivity contribution in [2.24, 2.45) is 5.92 Å². The molecule has 0 radical (unpaired) electrons. The van der Waals surface area contributed by atoms with Crippen molar-refractivity contribution < 1.29 is 13.2 Å². The number of fused-ring (bicyclic) bond motifs is 1. The van der Waals surface area contributed by atoms with Gasteiger partial charge in [0.1, 0.15) is 0 Å². The summed E-state index contributed by atoms with van der Waals surface area (Å²) in [6.07, 6.45) is 4.33. The molecule has 2 aliphatic heterocycles. The maximum Gasteiger partial charge on any atom is 0.240 e. The molecule has 1 aromatic carbocycles. The third kappa shape index (κ3) is 4.52. The summed E-state index contributed by atoms with van der Waals surface area (Å²) in [5, 5.41) is 0. The first-order valence-electron chi connectivity index (χ1n) is 9.94. The molecule has 27 heavy (non-hydrogen) atoms. The van der Waals surface area contributed by atoms with E-state index in [0.29, 0.717) is 25.4 Å². The lowest BCUT2D eigenvalue weighted by molar-refractivity contribution is -0.116. The third-order valence-electron chi connectivity index (χ3n) is 5.75. The van der Waals surface area contributed by atoms with E-state index in [1.807, 2.05) is 0 Å². The standard InChI is InChI=1S/C20H31N3O3S/c1-15(2)20(22-10-5-4-6-11-22)14-21-27(25,26)18-7-8-19-17(13-18)9-12-23(19)16(3)24/h7-8,13,15,20-21H,4-6,9-12,14H2,1-3H3. The number of likely N-dealkylation sites (tertiary alicyclic amines) is 1. The van der Waals surface area contributed by atoms with Gasteiger partial charge in [0.15, 0.2) is 0 Å². The number of sulfonamides is 1. The van der Waals surface area contributed by atoms with Crippen LogP contribution in [-0.2, 0) is 21.2 Å². The van der Waals surface area contributed by atoms with Crippen LogP contribution in [0.15, 0.2) is 23.1 Å². The van der Waals surface area contributed by atoms with E-state index in [4.69, 9.17) is 0 Å². The highest BCUT2D eigenvalue weighted by atomic mass is 32.2. The Kier molecular flexibility index (Phi) is 6.23. The molecule has 1 aromatic rings. The second-order valence-corrected chi connectivity index (χ2v) is 9.74. The first kappa shape index (κ1) is 20.3. The van der Waals surface area contributed by atoms with E-state index < -0.39 is 10.0 Å². The first-order valence-corrected chi connectivity index (χ1v) is 11.4. The largest absolute Gasteiger partial charge is 0.312 e. The number of piperidine rings is 1. The third-order valence-corrected chi connectivity index (χ3v) is 7.17. The normalized spacial score (nSPS) is 19.3. The Balaban J connectivity index is 1.72. The predicted molar refractivity (Wildman–Crippen MR) is 107 cm³/mol. The van der Waals surface area contributed by atoms with E-state index in [1.165, 1.54) is 26.2 Å². The SMILES string of the molecule is CC(=O)N1CCc2cc(S(=O)(=O)NCC(C(C)C)N3CCCCC3)ccc21. The maximum atomic E-state index is 12.8. The van der Waals surface area contributed by atoms with Crippen molar-refractivity contribution >= 4 is 21.6 Å². The Labute approximate surface area is 163 Å². The van der Waals surface area contributed by atoms with Crippen LogP contribution in [0.25, 0.3) is 0 Å². The number of nitrogens with one attached hydrogen (secondary N) is 1. The smallest absolute Gasteiger partial charge is 0.240 e. The molecule has 0 bridgehead atoms. The van der Waals surface area contributed by atoms with Gasteiger partial charge in [-0.05, 0) is 62.0 Å². The Morgan fingerprint density at radius 1 is 1.15 bits per heavy atom. The second kappa shape index (κ2) is 8.29. The van der Waals surface area contributed by atoms with Crippen molar-refractivity contribution in [1.29, 1.82) is 0 Å². The van der Waals surface area contributed by atoms with Gasteiger partial charge in [0.25, 0.3) is 0 Å². The molecule has 0 aliphatic carbocycles. The Hall–Kier alpha value is -1.44. The van der Waals surface area contributed by atoms with Crippen LogP contribution in [0.4, 0.5) is 5.69 Å². The molecule has 6 nitrogen and oxygen atoms in total. The predicted octanol–water partition coefficient (Wildman–Crippen LogP) is 2.38. The zero-order chi connectivity index (χ0) is 19.6. The number of carbonyl (C=O) groups excluding carboxylic acids is 1. The minimum absolute atomic E-state index is 0.0104. The van der Waals surface area contributed by atoms with E-state index in [0.717, 1.165) is 24.3 Å². The van der Waals surface area contributed by atoms with Gasteiger partial charge in [-0.1, -0.05) is 20.3 Å². The molecule has 1 saturated heterocycles.